The molecular weight excluding hydrogens is 397 g/mol. The fourth-order valence-electron chi connectivity index (χ4n) is 3.21. The number of anilines is 1. The fourth-order valence-corrected chi connectivity index (χ4v) is 3.21. The number of halogens is 3. The highest BCUT2D eigenvalue weighted by Crippen LogP contribution is 2.31. The zero-order chi connectivity index (χ0) is 22.3. The van der Waals surface area contributed by atoms with E-state index in [0.29, 0.717) is 16.6 Å². The Bertz CT molecular complexity index is 1090. The molecule has 1 unspecified atom stereocenters. The van der Waals surface area contributed by atoms with E-state index in [1.54, 1.807) is 29.7 Å². The van der Waals surface area contributed by atoms with Gasteiger partial charge in [0.2, 0.25) is 5.95 Å². The molecule has 0 saturated carbocycles. The Morgan fingerprint density at radius 1 is 1.23 bits per heavy atom. The summed E-state index contributed by atoms with van der Waals surface area (Å²) in [6.45, 7) is 6.09. The number of fused-ring (bicyclic) bond motifs is 1. The topological polar surface area (TPSA) is 78.8 Å². The van der Waals surface area contributed by atoms with Crippen LogP contribution in [0.1, 0.15) is 37.9 Å². The van der Waals surface area contributed by atoms with E-state index in [0.717, 1.165) is 12.1 Å². The summed E-state index contributed by atoms with van der Waals surface area (Å²) in [6, 6.07) is 4.85. The number of benzene rings is 1. The van der Waals surface area contributed by atoms with Crippen LogP contribution < -0.4 is 10.9 Å². The van der Waals surface area contributed by atoms with Crippen molar-refractivity contribution >= 4 is 17.0 Å². The Kier molecular flexibility index (Phi) is 5.64. The van der Waals surface area contributed by atoms with Crippen LogP contribution in [0.15, 0.2) is 35.3 Å². The van der Waals surface area contributed by atoms with Crippen molar-refractivity contribution in [3.8, 4) is 0 Å². The van der Waals surface area contributed by atoms with Gasteiger partial charge in [-0.2, -0.15) is 23.3 Å². The van der Waals surface area contributed by atoms with E-state index in [4.69, 9.17) is 0 Å². The third kappa shape index (κ3) is 4.48. The monoisotopic (exact) mass is 422 g/mol. The zero-order valence-electron chi connectivity index (χ0n) is 17.5. The highest BCUT2D eigenvalue weighted by molar-refractivity contribution is 5.74. The van der Waals surface area contributed by atoms with Gasteiger partial charge in [-0.1, -0.05) is 12.1 Å². The first-order valence-corrected chi connectivity index (χ1v) is 9.44. The van der Waals surface area contributed by atoms with Crippen LogP contribution in [-0.4, -0.2) is 45.3 Å². The maximum absolute atomic E-state index is 13.1. The van der Waals surface area contributed by atoms with E-state index in [1.807, 2.05) is 20.8 Å². The Balaban J connectivity index is 1.90. The summed E-state index contributed by atoms with van der Waals surface area (Å²) >= 11 is 0. The minimum absolute atomic E-state index is 0.234. The second-order valence-corrected chi connectivity index (χ2v) is 8.36. The molecule has 30 heavy (non-hydrogen) atoms. The molecule has 0 saturated heterocycles. The second kappa shape index (κ2) is 7.75. The number of H-pyrrole nitrogens is 1. The van der Waals surface area contributed by atoms with Gasteiger partial charge >= 0.3 is 6.18 Å². The third-order valence-electron chi connectivity index (χ3n) is 4.76. The molecule has 1 aromatic carbocycles. The first-order valence-electron chi connectivity index (χ1n) is 9.44. The maximum Gasteiger partial charge on any atom is 0.416 e. The average Bonchev–Trinajstić information content (AvgIpc) is 3.06. The van der Waals surface area contributed by atoms with Gasteiger partial charge in [0, 0.05) is 6.54 Å². The minimum atomic E-state index is -4.41. The Labute approximate surface area is 171 Å². The van der Waals surface area contributed by atoms with Gasteiger partial charge in [-0.25, -0.2) is 4.68 Å². The lowest BCUT2D eigenvalue weighted by Crippen LogP contribution is -2.28. The normalized spacial score (nSPS) is 13.8. The van der Waals surface area contributed by atoms with Crippen molar-refractivity contribution in [3.63, 3.8) is 0 Å². The number of nitrogens with one attached hydrogen (secondary N) is 2. The highest BCUT2D eigenvalue weighted by atomic mass is 19.4. The standard InChI is InChI=1S/C20H25F3N6O/c1-19(2,3)29-16-14(10-25-29)17(30)27-18(26-16)24-11-15(28(4)5)12-7-6-8-13(9-12)20(21,22)23/h6-10,15H,11H2,1-5H3,(H2,24,26,27,30). The van der Waals surface area contributed by atoms with Crippen LogP contribution in [0.2, 0.25) is 0 Å². The lowest BCUT2D eigenvalue weighted by Gasteiger charge is -2.26. The molecule has 3 rings (SSSR count). The van der Waals surface area contributed by atoms with Crippen molar-refractivity contribution in [2.24, 2.45) is 0 Å². The van der Waals surface area contributed by atoms with Crippen molar-refractivity contribution in [2.45, 2.75) is 38.5 Å². The van der Waals surface area contributed by atoms with Crippen molar-refractivity contribution in [1.82, 2.24) is 24.6 Å². The van der Waals surface area contributed by atoms with E-state index < -0.39 is 11.7 Å². The SMILES string of the molecule is CN(C)C(CNc1nc2c(cnn2C(C)(C)C)c(=O)[nH]1)c1cccc(C(F)(F)F)c1. The Morgan fingerprint density at radius 2 is 1.93 bits per heavy atom. The van der Waals surface area contributed by atoms with Gasteiger partial charge in [0.15, 0.2) is 5.65 Å². The number of hydrogen-bond donors (Lipinski definition) is 2. The molecular formula is C20H25F3N6O. The van der Waals surface area contributed by atoms with Crippen LogP contribution in [0.3, 0.4) is 0 Å². The summed E-state index contributed by atoms with van der Waals surface area (Å²) in [6.07, 6.45) is -2.94. The lowest BCUT2D eigenvalue weighted by atomic mass is 10.0. The third-order valence-corrected chi connectivity index (χ3v) is 4.76. The van der Waals surface area contributed by atoms with E-state index in [2.05, 4.69) is 20.4 Å². The number of alkyl halides is 3. The molecule has 2 aromatic heterocycles. The Hall–Kier alpha value is -2.88. The summed E-state index contributed by atoms with van der Waals surface area (Å²) < 4.78 is 40.9. The van der Waals surface area contributed by atoms with Crippen molar-refractivity contribution < 1.29 is 13.2 Å². The number of hydrogen-bond acceptors (Lipinski definition) is 5. The molecule has 0 spiro atoms. The van der Waals surface area contributed by atoms with Gasteiger partial charge in [0.05, 0.1) is 23.3 Å². The van der Waals surface area contributed by atoms with Crippen LogP contribution in [0.5, 0.6) is 0 Å². The number of likely N-dealkylation sites (N-methyl/N-ethyl adjacent to an activating group) is 1. The first kappa shape index (κ1) is 21.8. The second-order valence-electron chi connectivity index (χ2n) is 8.36. The van der Waals surface area contributed by atoms with Crippen molar-refractivity contribution in [1.29, 1.82) is 0 Å². The van der Waals surface area contributed by atoms with Gasteiger partial charge in [0.1, 0.15) is 5.39 Å². The summed E-state index contributed by atoms with van der Waals surface area (Å²) in [4.78, 5) is 21.4. The molecule has 0 radical (unpaired) electrons. The largest absolute Gasteiger partial charge is 0.416 e. The molecule has 2 heterocycles. The van der Waals surface area contributed by atoms with Crippen LogP contribution in [0.4, 0.5) is 19.1 Å². The van der Waals surface area contributed by atoms with Crippen molar-refractivity contribution in [3.05, 3.63) is 51.9 Å². The predicted molar refractivity (Wildman–Crippen MR) is 110 cm³/mol. The molecule has 0 amide bonds. The molecule has 162 valence electrons. The Morgan fingerprint density at radius 3 is 2.53 bits per heavy atom. The molecule has 2 N–H and O–H groups in total. The highest BCUT2D eigenvalue weighted by Gasteiger charge is 2.31. The molecule has 0 aliphatic rings. The zero-order valence-corrected chi connectivity index (χ0v) is 17.5. The van der Waals surface area contributed by atoms with Crippen LogP contribution >= 0.6 is 0 Å². The van der Waals surface area contributed by atoms with Crippen LogP contribution in [0, 0.1) is 0 Å². The molecule has 10 heteroatoms. The number of rotatable bonds is 5. The summed E-state index contributed by atoms with van der Waals surface area (Å²) in [7, 11) is 3.56. The molecule has 3 aromatic rings. The lowest BCUT2D eigenvalue weighted by molar-refractivity contribution is -0.137. The molecule has 7 nitrogen and oxygen atoms in total. The molecule has 0 bridgehead atoms. The average molecular weight is 422 g/mol. The predicted octanol–water partition coefficient (Wildman–Crippen LogP) is 3.61. The summed E-state index contributed by atoms with van der Waals surface area (Å²) in [5.74, 6) is 0.234. The van der Waals surface area contributed by atoms with E-state index in [1.165, 1.54) is 12.3 Å². The van der Waals surface area contributed by atoms with Gasteiger partial charge in [-0.15, -0.1) is 0 Å². The van der Waals surface area contributed by atoms with Crippen LogP contribution in [-0.2, 0) is 11.7 Å². The van der Waals surface area contributed by atoms with Gasteiger partial charge in [-0.3, -0.25) is 9.78 Å². The first-order chi connectivity index (χ1) is 13.9. The van der Waals surface area contributed by atoms with E-state index in [-0.39, 0.29) is 29.6 Å². The molecule has 0 fully saturated rings. The van der Waals surface area contributed by atoms with Gasteiger partial charge in [0.25, 0.3) is 5.56 Å². The summed E-state index contributed by atoms with van der Waals surface area (Å²) in [5, 5.41) is 7.69. The maximum atomic E-state index is 13.1. The summed E-state index contributed by atoms with van der Waals surface area (Å²) in [5.41, 5.74) is -0.462. The smallest absolute Gasteiger partial charge is 0.354 e. The number of aromatic nitrogens is 4. The fraction of sp³-hybridized carbons (Fsp3) is 0.450. The van der Waals surface area contributed by atoms with Crippen LogP contribution in [0.25, 0.3) is 11.0 Å². The van der Waals surface area contributed by atoms with Crippen molar-refractivity contribution in [2.75, 3.05) is 26.0 Å². The number of nitrogens with zero attached hydrogens (tertiary/aromatic N) is 4. The molecule has 0 aliphatic carbocycles. The molecule has 0 aliphatic heterocycles. The quantitative estimate of drug-likeness (QED) is 0.657. The number of aromatic amines is 1. The van der Waals surface area contributed by atoms with Gasteiger partial charge in [-0.05, 0) is 52.6 Å². The molecule has 1 atom stereocenters. The minimum Gasteiger partial charge on any atom is -0.354 e. The van der Waals surface area contributed by atoms with E-state index in [9.17, 15) is 18.0 Å². The van der Waals surface area contributed by atoms with Gasteiger partial charge < -0.3 is 10.2 Å². The van der Waals surface area contributed by atoms with E-state index >= 15 is 0 Å².